The number of hydrogen-bond donors (Lipinski definition) is 2. The lowest BCUT2D eigenvalue weighted by Crippen LogP contribution is -2.16. The zero-order chi connectivity index (χ0) is 20.5. The van der Waals surface area contributed by atoms with Crippen molar-refractivity contribution in [1.82, 2.24) is 4.98 Å². The number of nitrogens with zero attached hydrogens (tertiary/aromatic N) is 2. The Morgan fingerprint density at radius 1 is 0.893 bits per heavy atom. The highest BCUT2D eigenvalue weighted by Crippen LogP contribution is 2.32. The van der Waals surface area contributed by atoms with Crippen LogP contribution in [-0.4, -0.2) is 4.98 Å². The number of aromatic nitrogens is 1. The lowest BCUT2D eigenvalue weighted by atomic mass is 9.86. The van der Waals surface area contributed by atoms with Crippen LogP contribution in [0.15, 0.2) is 53.3 Å². The van der Waals surface area contributed by atoms with Crippen LogP contribution in [0, 0.1) is 22.7 Å². The molecule has 0 amide bonds. The average molecular weight is 368 g/mol. The highest BCUT2D eigenvalue weighted by atomic mass is 16.1. The van der Waals surface area contributed by atoms with Crippen LogP contribution in [-0.2, 0) is 5.41 Å². The number of nitrogen functional groups attached to an aromatic ring is 1. The van der Waals surface area contributed by atoms with E-state index in [1.54, 1.807) is 6.07 Å². The number of hydrogen-bond acceptors (Lipinski definition) is 4. The van der Waals surface area contributed by atoms with Gasteiger partial charge in [0.2, 0.25) is 0 Å². The van der Waals surface area contributed by atoms with Crippen molar-refractivity contribution in [3.63, 3.8) is 0 Å². The summed E-state index contributed by atoms with van der Waals surface area (Å²) in [5, 5.41) is 18.9. The minimum absolute atomic E-state index is 0.0403. The van der Waals surface area contributed by atoms with Crippen molar-refractivity contribution >= 4 is 5.82 Å². The summed E-state index contributed by atoms with van der Waals surface area (Å²) >= 11 is 0. The largest absolute Gasteiger partial charge is 0.384 e. The molecule has 138 valence electrons. The molecular formula is C23H20N4O. The van der Waals surface area contributed by atoms with Crippen molar-refractivity contribution in [2.24, 2.45) is 0 Å². The average Bonchev–Trinajstić information content (AvgIpc) is 2.67. The van der Waals surface area contributed by atoms with Crippen molar-refractivity contribution in [3.8, 4) is 34.4 Å². The first kappa shape index (κ1) is 18.9. The molecule has 2 aromatic carbocycles. The summed E-state index contributed by atoms with van der Waals surface area (Å²) in [5.74, 6) is -0.0403. The Morgan fingerprint density at radius 3 is 2.07 bits per heavy atom. The van der Waals surface area contributed by atoms with Gasteiger partial charge in [0.05, 0.1) is 0 Å². The maximum Gasteiger partial charge on any atom is 0.268 e. The first-order valence-corrected chi connectivity index (χ1v) is 8.83. The molecule has 0 bridgehead atoms. The van der Waals surface area contributed by atoms with Gasteiger partial charge in [-0.2, -0.15) is 10.5 Å². The summed E-state index contributed by atoms with van der Waals surface area (Å²) in [5.41, 5.74) is 9.26. The number of pyridine rings is 1. The van der Waals surface area contributed by atoms with E-state index >= 15 is 0 Å². The fourth-order valence-corrected chi connectivity index (χ4v) is 3.15. The molecule has 0 aliphatic heterocycles. The van der Waals surface area contributed by atoms with E-state index in [9.17, 15) is 15.3 Å². The maximum absolute atomic E-state index is 12.2. The molecule has 0 aliphatic rings. The van der Waals surface area contributed by atoms with Gasteiger partial charge in [-0.25, -0.2) is 0 Å². The van der Waals surface area contributed by atoms with Crippen LogP contribution in [0.3, 0.4) is 0 Å². The van der Waals surface area contributed by atoms with Gasteiger partial charge in [-0.1, -0.05) is 63.2 Å². The van der Waals surface area contributed by atoms with Gasteiger partial charge in [0.25, 0.3) is 5.56 Å². The zero-order valence-electron chi connectivity index (χ0n) is 16.0. The molecule has 5 nitrogen and oxygen atoms in total. The number of nitrogens with one attached hydrogen (secondary N) is 1. The van der Waals surface area contributed by atoms with Crippen molar-refractivity contribution in [3.05, 3.63) is 75.6 Å². The second kappa shape index (κ2) is 7.06. The molecule has 1 heterocycles. The van der Waals surface area contributed by atoms with Gasteiger partial charge in [-0.15, -0.1) is 0 Å². The minimum atomic E-state index is -0.603. The van der Waals surface area contributed by atoms with Gasteiger partial charge in [0.15, 0.2) is 0 Å². The third-order valence-electron chi connectivity index (χ3n) is 4.70. The quantitative estimate of drug-likeness (QED) is 0.702. The minimum Gasteiger partial charge on any atom is -0.384 e. The lowest BCUT2D eigenvalue weighted by Gasteiger charge is -2.19. The van der Waals surface area contributed by atoms with E-state index in [0.717, 1.165) is 11.1 Å². The van der Waals surface area contributed by atoms with E-state index in [1.165, 1.54) is 5.56 Å². The van der Waals surface area contributed by atoms with Gasteiger partial charge in [-0.05, 0) is 33.7 Å². The van der Waals surface area contributed by atoms with Gasteiger partial charge in [0, 0.05) is 5.56 Å². The third kappa shape index (κ3) is 3.39. The van der Waals surface area contributed by atoms with Crippen LogP contribution in [0.4, 0.5) is 5.82 Å². The Labute approximate surface area is 163 Å². The summed E-state index contributed by atoms with van der Waals surface area (Å²) in [4.78, 5) is 14.5. The molecule has 0 spiro atoms. The Balaban J connectivity index is 2.18. The van der Waals surface area contributed by atoms with E-state index in [0.29, 0.717) is 5.56 Å². The number of nitriles is 2. The number of nitrogens with two attached hydrogens (primary N) is 1. The van der Waals surface area contributed by atoms with E-state index in [-0.39, 0.29) is 27.9 Å². The highest BCUT2D eigenvalue weighted by molar-refractivity contribution is 5.82. The maximum atomic E-state index is 12.2. The van der Waals surface area contributed by atoms with Crippen molar-refractivity contribution in [2.45, 2.75) is 26.2 Å². The molecule has 0 atom stereocenters. The van der Waals surface area contributed by atoms with Crippen LogP contribution in [0.2, 0.25) is 0 Å². The molecule has 0 saturated heterocycles. The molecule has 1 aromatic heterocycles. The summed E-state index contributed by atoms with van der Waals surface area (Å²) < 4.78 is 0. The topological polar surface area (TPSA) is 106 Å². The van der Waals surface area contributed by atoms with Crippen molar-refractivity contribution < 1.29 is 0 Å². The SMILES string of the molecule is CC(C)(C)c1ccc(-c2cccc(-c3c(C#N)c(N)[nH]c(=O)c3C#N)c2)cc1. The zero-order valence-corrected chi connectivity index (χ0v) is 16.0. The smallest absolute Gasteiger partial charge is 0.268 e. The van der Waals surface area contributed by atoms with Crippen LogP contribution in [0.5, 0.6) is 0 Å². The fourth-order valence-electron chi connectivity index (χ4n) is 3.15. The lowest BCUT2D eigenvalue weighted by molar-refractivity contribution is 0.590. The molecule has 0 aliphatic carbocycles. The van der Waals surface area contributed by atoms with E-state index in [2.05, 4.69) is 37.9 Å². The number of anilines is 1. The number of rotatable bonds is 2. The Morgan fingerprint density at radius 2 is 1.50 bits per heavy atom. The third-order valence-corrected chi connectivity index (χ3v) is 4.70. The molecular weight excluding hydrogens is 348 g/mol. The fraction of sp³-hybridized carbons (Fsp3) is 0.174. The van der Waals surface area contributed by atoms with Crippen molar-refractivity contribution in [2.75, 3.05) is 5.73 Å². The summed E-state index contributed by atoms with van der Waals surface area (Å²) in [6.07, 6.45) is 0. The molecule has 5 heteroatoms. The Hall–Kier alpha value is -3.83. The summed E-state index contributed by atoms with van der Waals surface area (Å²) in [6.45, 7) is 6.48. The molecule has 3 N–H and O–H groups in total. The van der Waals surface area contributed by atoms with Crippen molar-refractivity contribution in [1.29, 1.82) is 10.5 Å². The van der Waals surface area contributed by atoms with Crippen LogP contribution < -0.4 is 11.3 Å². The molecule has 0 fully saturated rings. The first-order chi connectivity index (χ1) is 13.3. The summed E-state index contributed by atoms with van der Waals surface area (Å²) in [6, 6.07) is 19.6. The van der Waals surface area contributed by atoms with Gasteiger partial charge >= 0.3 is 0 Å². The number of benzene rings is 2. The van der Waals surface area contributed by atoms with Gasteiger partial charge in [0.1, 0.15) is 29.1 Å². The molecule has 0 saturated carbocycles. The predicted molar refractivity (Wildman–Crippen MR) is 110 cm³/mol. The molecule has 3 rings (SSSR count). The van der Waals surface area contributed by atoms with Crippen LogP contribution in [0.25, 0.3) is 22.3 Å². The summed E-state index contributed by atoms with van der Waals surface area (Å²) in [7, 11) is 0. The predicted octanol–water partition coefficient (Wildman–Crippen LogP) is 4.33. The molecule has 0 radical (unpaired) electrons. The highest BCUT2D eigenvalue weighted by Gasteiger charge is 2.18. The van der Waals surface area contributed by atoms with Gasteiger partial charge < -0.3 is 10.7 Å². The number of H-pyrrole nitrogens is 1. The van der Waals surface area contributed by atoms with Crippen LogP contribution in [0.1, 0.15) is 37.5 Å². The van der Waals surface area contributed by atoms with E-state index in [4.69, 9.17) is 5.73 Å². The second-order valence-electron chi connectivity index (χ2n) is 7.62. The number of aromatic amines is 1. The Kier molecular flexibility index (Phi) is 4.78. The monoisotopic (exact) mass is 368 g/mol. The normalized spacial score (nSPS) is 10.9. The van der Waals surface area contributed by atoms with Crippen LogP contribution >= 0.6 is 0 Å². The van der Waals surface area contributed by atoms with E-state index in [1.807, 2.05) is 42.5 Å². The molecule has 3 aromatic rings. The second-order valence-corrected chi connectivity index (χ2v) is 7.62. The van der Waals surface area contributed by atoms with E-state index < -0.39 is 5.56 Å². The molecule has 0 unspecified atom stereocenters. The Bertz CT molecular complexity index is 1180. The van der Waals surface area contributed by atoms with Gasteiger partial charge in [-0.3, -0.25) is 4.79 Å². The molecule has 28 heavy (non-hydrogen) atoms. The first-order valence-electron chi connectivity index (χ1n) is 8.83. The standard InChI is InChI=1S/C23H20N4O/c1-23(2,3)17-9-7-14(8-10-17)15-5-4-6-16(11-15)20-18(12-24)21(26)27-22(28)19(20)13-25/h4-11H,1-3H3,(H3,26,27,28).